The number of Topliss-reactive ketones (excluding diaryl/α,β-unsaturated/α-hetero) is 1. The van der Waals surface area contributed by atoms with Crippen molar-refractivity contribution in [1.29, 1.82) is 0 Å². The standard InChI is InChI=1S/C23H27N3O2/c1-14-6-5-7-18(10-14)15(2)11-19(27)13-28-20-12-16(3)21-22(17-8-9-17)25-26(4)23(21)24-20/h5-7,10,12,15,17H,8-9,11,13H2,1-4H3. The zero-order chi connectivity index (χ0) is 19.8. The number of ketones is 1. The Bertz CT molecular complexity index is 1030. The lowest BCUT2D eigenvalue weighted by atomic mass is 9.95. The molecule has 5 heteroatoms. The first-order valence-corrected chi connectivity index (χ1v) is 9.97. The first-order valence-electron chi connectivity index (χ1n) is 9.97. The Morgan fingerprint density at radius 3 is 2.79 bits per heavy atom. The van der Waals surface area contributed by atoms with Crippen molar-refractivity contribution in [3.63, 3.8) is 0 Å². The van der Waals surface area contributed by atoms with E-state index in [1.807, 2.05) is 23.9 Å². The fraction of sp³-hybridized carbons (Fsp3) is 0.435. The van der Waals surface area contributed by atoms with E-state index in [1.165, 1.54) is 24.0 Å². The van der Waals surface area contributed by atoms with Crippen molar-refractivity contribution >= 4 is 16.8 Å². The van der Waals surface area contributed by atoms with Gasteiger partial charge in [-0.05, 0) is 43.7 Å². The highest BCUT2D eigenvalue weighted by Gasteiger charge is 2.30. The number of aryl methyl sites for hydroxylation is 3. The topological polar surface area (TPSA) is 57.0 Å². The fourth-order valence-electron chi connectivity index (χ4n) is 3.80. The molecule has 28 heavy (non-hydrogen) atoms. The Kier molecular flexibility index (Phi) is 4.92. The van der Waals surface area contributed by atoms with Gasteiger partial charge in [-0.25, -0.2) is 0 Å². The highest BCUT2D eigenvalue weighted by Crippen LogP contribution is 2.43. The molecule has 1 saturated carbocycles. The summed E-state index contributed by atoms with van der Waals surface area (Å²) in [6.07, 6.45) is 2.87. The molecule has 2 aromatic heterocycles. The summed E-state index contributed by atoms with van der Waals surface area (Å²) in [5, 5.41) is 5.80. The molecule has 1 unspecified atom stereocenters. The molecule has 0 aliphatic heterocycles. The Labute approximate surface area is 165 Å². The van der Waals surface area contributed by atoms with Gasteiger partial charge < -0.3 is 4.74 Å². The van der Waals surface area contributed by atoms with Gasteiger partial charge in [0.05, 0.1) is 5.69 Å². The van der Waals surface area contributed by atoms with Crippen LogP contribution >= 0.6 is 0 Å². The van der Waals surface area contributed by atoms with Gasteiger partial charge in [-0.15, -0.1) is 0 Å². The number of hydrogen-bond donors (Lipinski definition) is 0. The Morgan fingerprint density at radius 2 is 2.07 bits per heavy atom. The number of carbonyl (C=O) groups is 1. The van der Waals surface area contributed by atoms with Crippen LogP contribution in [0.2, 0.25) is 0 Å². The average Bonchev–Trinajstić information content (AvgIpc) is 3.44. The number of pyridine rings is 1. The maximum Gasteiger partial charge on any atom is 0.215 e. The lowest BCUT2D eigenvalue weighted by molar-refractivity contribution is -0.121. The summed E-state index contributed by atoms with van der Waals surface area (Å²) in [6.45, 7) is 6.25. The molecular weight excluding hydrogens is 350 g/mol. The Balaban J connectivity index is 1.43. The fourth-order valence-corrected chi connectivity index (χ4v) is 3.80. The third-order valence-electron chi connectivity index (χ3n) is 5.48. The summed E-state index contributed by atoms with van der Waals surface area (Å²) in [6, 6.07) is 10.2. The van der Waals surface area contributed by atoms with Gasteiger partial charge in [-0.3, -0.25) is 9.48 Å². The largest absolute Gasteiger partial charge is 0.470 e. The zero-order valence-corrected chi connectivity index (χ0v) is 17.0. The minimum atomic E-state index is 0.0431. The van der Waals surface area contributed by atoms with Crippen LogP contribution in [0.4, 0.5) is 0 Å². The van der Waals surface area contributed by atoms with Crippen molar-refractivity contribution in [1.82, 2.24) is 14.8 Å². The van der Waals surface area contributed by atoms with Crippen LogP contribution in [0.3, 0.4) is 0 Å². The minimum Gasteiger partial charge on any atom is -0.470 e. The lowest BCUT2D eigenvalue weighted by Gasteiger charge is -2.12. The van der Waals surface area contributed by atoms with Crippen LogP contribution in [-0.2, 0) is 11.8 Å². The number of rotatable bonds is 7. The minimum absolute atomic E-state index is 0.0431. The Morgan fingerprint density at radius 1 is 1.29 bits per heavy atom. The second-order valence-corrected chi connectivity index (χ2v) is 8.11. The van der Waals surface area contributed by atoms with Crippen molar-refractivity contribution in [2.24, 2.45) is 7.05 Å². The molecule has 1 fully saturated rings. The molecule has 5 nitrogen and oxygen atoms in total. The van der Waals surface area contributed by atoms with Crippen LogP contribution in [-0.4, -0.2) is 27.2 Å². The molecule has 1 aliphatic rings. The van der Waals surface area contributed by atoms with E-state index in [4.69, 9.17) is 4.74 Å². The van der Waals surface area contributed by atoms with Crippen LogP contribution in [0.5, 0.6) is 5.88 Å². The third-order valence-corrected chi connectivity index (χ3v) is 5.48. The SMILES string of the molecule is Cc1cccc(C(C)CC(=O)COc2cc(C)c3c(C4CC4)nn(C)c3n2)c1. The van der Waals surface area contributed by atoms with Gasteiger partial charge in [0.15, 0.2) is 11.4 Å². The number of aromatic nitrogens is 3. The molecule has 3 aromatic rings. The van der Waals surface area contributed by atoms with Crippen LogP contribution < -0.4 is 4.74 Å². The van der Waals surface area contributed by atoms with Gasteiger partial charge >= 0.3 is 0 Å². The molecule has 1 aliphatic carbocycles. The second kappa shape index (κ2) is 7.38. The van der Waals surface area contributed by atoms with Gasteiger partial charge in [0.1, 0.15) is 6.61 Å². The molecular formula is C23H27N3O2. The first kappa shape index (κ1) is 18.7. The van der Waals surface area contributed by atoms with E-state index in [0.29, 0.717) is 18.2 Å². The van der Waals surface area contributed by atoms with E-state index < -0.39 is 0 Å². The number of hydrogen-bond acceptors (Lipinski definition) is 4. The first-order chi connectivity index (χ1) is 13.4. The van der Waals surface area contributed by atoms with Crippen molar-refractivity contribution in [2.45, 2.75) is 51.9 Å². The molecule has 1 atom stereocenters. The second-order valence-electron chi connectivity index (χ2n) is 8.11. The van der Waals surface area contributed by atoms with E-state index in [2.05, 4.69) is 49.1 Å². The number of nitrogens with zero attached hydrogens (tertiary/aromatic N) is 3. The highest BCUT2D eigenvalue weighted by atomic mass is 16.5. The van der Waals surface area contributed by atoms with E-state index in [1.54, 1.807) is 0 Å². The molecule has 0 bridgehead atoms. The molecule has 2 heterocycles. The molecule has 0 radical (unpaired) electrons. The number of fused-ring (bicyclic) bond motifs is 1. The summed E-state index contributed by atoms with van der Waals surface area (Å²) in [5.41, 5.74) is 5.49. The van der Waals surface area contributed by atoms with Crippen LogP contribution in [0.25, 0.3) is 11.0 Å². The van der Waals surface area contributed by atoms with E-state index >= 15 is 0 Å². The third kappa shape index (κ3) is 3.79. The normalized spacial score (nSPS) is 15.0. The number of ether oxygens (including phenoxy) is 1. The van der Waals surface area contributed by atoms with E-state index in [0.717, 1.165) is 22.3 Å². The molecule has 0 amide bonds. The highest BCUT2D eigenvalue weighted by molar-refractivity contribution is 5.84. The molecule has 4 rings (SSSR count). The van der Waals surface area contributed by atoms with Crippen molar-refractivity contribution in [3.8, 4) is 5.88 Å². The average molecular weight is 377 g/mol. The predicted octanol–water partition coefficient (Wildman–Crippen LogP) is 4.60. The smallest absolute Gasteiger partial charge is 0.215 e. The summed E-state index contributed by atoms with van der Waals surface area (Å²) in [5.74, 6) is 1.32. The van der Waals surface area contributed by atoms with Crippen molar-refractivity contribution < 1.29 is 9.53 Å². The zero-order valence-electron chi connectivity index (χ0n) is 17.0. The maximum atomic E-state index is 12.4. The molecule has 0 N–H and O–H groups in total. The quantitative estimate of drug-likeness (QED) is 0.604. The van der Waals surface area contributed by atoms with E-state index in [-0.39, 0.29) is 18.3 Å². The van der Waals surface area contributed by atoms with Gasteiger partial charge in [0, 0.05) is 30.8 Å². The predicted molar refractivity (Wildman–Crippen MR) is 110 cm³/mol. The lowest BCUT2D eigenvalue weighted by Crippen LogP contribution is -2.14. The molecule has 0 saturated heterocycles. The molecule has 1 aromatic carbocycles. The van der Waals surface area contributed by atoms with Crippen LogP contribution in [0.1, 0.15) is 60.4 Å². The number of benzene rings is 1. The van der Waals surface area contributed by atoms with Crippen LogP contribution in [0.15, 0.2) is 30.3 Å². The van der Waals surface area contributed by atoms with Gasteiger partial charge in [-0.2, -0.15) is 10.1 Å². The van der Waals surface area contributed by atoms with Crippen LogP contribution in [0, 0.1) is 13.8 Å². The van der Waals surface area contributed by atoms with Crippen molar-refractivity contribution in [2.75, 3.05) is 6.61 Å². The van der Waals surface area contributed by atoms with Gasteiger partial charge in [-0.1, -0.05) is 36.8 Å². The Hall–Kier alpha value is -2.69. The monoisotopic (exact) mass is 377 g/mol. The van der Waals surface area contributed by atoms with E-state index in [9.17, 15) is 4.79 Å². The maximum absolute atomic E-state index is 12.4. The summed E-state index contributed by atoms with van der Waals surface area (Å²) in [7, 11) is 1.92. The number of carbonyl (C=O) groups excluding carboxylic acids is 1. The molecule has 0 spiro atoms. The summed E-state index contributed by atoms with van der Waals surface area (Å²) < 4.78 is 7.58. The van der Waals surface area contributed by atoms with Gasteiger partial charge in [0.2, 0.25) is 5.88 Å². The van der Waals surface area contributed by atoms with Crippen molar-refractivity contribution in [3.05, 3.63) is 52.7 Å². The molecule has 146 valence electrons. The summed E-state index contributed by atoms with van der Waals surface area (Å²) >= 11 is 0. The summed E-state index contributed by atoms with van der Waals surface area (Å²) in [4.78, 5) is 17.0. The van der Waals surface area contributed by atoms with Gasteiger partial charge in [0.25, 0.3) is 0 Å².